The van der Waals surface area contributed by atoms with Crippen LogP contribution in [0.3, 0.4) is 0 Å². The highest BCUT2D eigenvalue weighted by molar-refractivity contribution is 5.89. The third-order valence-corrected chi connectivity index (χ3v) is 3.66. The van der Waals surface area contributed by atoms with Crippen LogP contribution in [0.25, 0.3) is 0 Å². The van der Waals surface area contributed by atoms with Crippen LogP contribution in [0.4, 0.5) is 10.5 Å². The van der Waals surface area contributed by atoms with E-state index in [1.165, 1.54) is 11.0 Å². The fourth-order valence-corrected chi connectivity index (χ4v) is 2.24. The van der Waals surface area contributed by atoms with Crippen molar-refractivity contribution in [2.75, 3.05) is 18.9 Å². The predicted octanol–water partition coefficient (Wildman–Crippen LogP) is 2.13. The molecule has 1 unspecified atom stereocenters. The molecule has 1 heterocycles. The number of anilines is 1. The molecule has 128 valence electrons. The fourth-order valence-electron chi connectivity index (χ4n) is 2.24. The van der Waals surface area contributed by atoms with Crippen molar-refractivity contribution in [3.63, 3.8) is 0 Å². The molecule has 0 fully saturated rings. The summed E-state index contributed by atoms with van der Waals surface area (Å²) in [6.45, 7) is 2.62. The SMILES string of the molecule is CC(O)CCN(C)C(=O)Nc1cccc(Cn2ccccc2=O)c1. The number of hydrogen-bond donors (Lipinski definition) is 2. The molecule has 1 atom stereocenters. The van der Waals surface area contributed by atoms with Gasteiger partial charge in [-0.1, -0.05) is 18.2 Å². The highest BCUT2D eigenvalue weighted by Gasteiger charge is 2.10. The zero-order valence-corrected chi connectivity index (χ0v) is 14.0. The van der Waals surface area contributed by atoms with E-state index in [1.807, 2.05) is 24.3 Å². The number of nitrogens with zero attached hydrogens (tertiary/aromatic N) is 2. The number of aliphatic hydroxyl groups excluding tert-OH is 1. The smallest absolute Gasteiger partial charge is 0.321 e. The van der Waals surface area contributed by atoms with Crippen molar-refractivity contribution in [3.8, 4) is 0 Å². The highest BCUT2D eigenvalue weighted by Crippen LogP contribution is 2.12. The van der Waals surface area contributed by atoms with E-state index < -0.39 is 6.10 Å². The molecule has 6 heteroatoms. The number of urea groups is 1. The van der Waals surface area contributed by atoms with Crippen LogP contribution in [-0.4, -0.2) is 40.3 Å². The Morgan fingerprint density at radius 2 is 2.08 bits per heavy atom. The monoisotopic (exact) mass is 329 g/mol. The van der Waals surface area contributed by atoms with Crippen LogP contribution < -0.4 is 10.9 Å². The number of hydrogen-bond acceptors (Lipinski definition) is 3. The van der Waals surface area contributed by atoms with Gasteiger partial charge in [0.05, 0.1) is 12.6 Å². The Bertz CT molecular complexity index is 740. The molecular formula is C18H23N3O3. The van der Waals surface area contributed by atoms with Gasteiger partial charge in [-0.15, -0.1) is 0 Å². The molecular weight excluding hydrogens is 306 g/mol. The molecule has 2 aromatic rings. The van der Waals surface area contributed by atoms with E-state index in [4.69, 9.17) is 0 Å². The first-order valence-corrected chi connectivity index (χ1v) is 7.90. The number of aliphatic hydroxyl groups is 1. The van der Waals surface area contributed by atoms with Gasteiger partial charge in [-0.2, -0.15) is 0 Å². The first-order valence-electron chi connectivity index (χ1n) is 7.90. The lowest BCUT2D eigenvalue weighted by Crippen LogP contribution is -2.33. The second-order valence-corrected chi connectivity index (χ2v) is 5.86. The number of nitrogens with one attached hydrogen (secondary N) is 1. The fraction of sp³-hybridized carbons (Fsp3) is 0.333. The Balaban J connectivity index is 2.01. The topological polar surface area (TPSA) is 74.6 Å². The minimum Gasteiger partial charge on any atom is -0.393 e. The van der Waals surface area contributed by atoms with Gasteiger partial charge in [-0.3, -0.25) is 4.79 Å². The molecule has 0 spiro atoms. The molecule has 6 nitrogen and oxygen atoms in total. The van der Waals surface area contributed by atoms with Crippen molar-refractivity contribution in [1.29, 1.82) is 0 Å². The summed E-state index contributed by atoms with van der Waals surface area (Å²) in [6, 6.07) is 12.2. The molecule has 0 bridgehead atoms. The Kier molecular flexibility index (Phi) is 6.14. The van der Waals surface area contributed by atoms with Gasteiger partial charge >= 0.3 is 6.03 Å². The van der Waals surface area contributed by atoms with Gasteiger partial charge in [0.1, 0.15) is 0 Å². The molecule has 0 aliphatic heterocycles. The van der Waals surface area contributed by atoms with Gasteiger partial charge in [0.15, 0.2) is 0 Å². The maximum Gasteiger partial charge on any atom is 0.321 e. The van der Waals surface area contributed by atoms with Crippen molar-refractivity contribution in [3.05, 3.63) is 64.6 Å². The van der Waals surface area contributed by atoms with Gasteiger partial charge in [-0.25, -0.2) is 4.79 Å². The first-order chi connectivity index (χ1) is 11.5. The van der Waals surface area contributed by atoms with Crippen molar-refractivity contribution in [1.82, 2.24) is 9.47 Å². The molecule has 2 N–H and O–H groups in total. The number of amides is 2. The molecule has 1 aromatic heterocycles. The van der Waals surface area contributed by atoms with E-state index in [0.29, 0.717) is 25.2 Å². The molecule has 2 rings (SSSR count). The maximum absolute atomic E-state index is 12.1. The third kappa shape index (κ3) is 5.24. The van der Waals surface area contributed by atoms with E-state index in [9.17, 15) is 14.7 Å². The molecule has 0 aliphatic carbocycles. The molecule has 24 heavy (non-hydrogen) atoms. The van der Waals surface area contributed by atoms with Crippen LogP contribution in [0.1, 0.15) is 18.9 Å². The van der Waals surface area contributed by atoms with Crippen molar-refractivity contribution in [2.24, 2.45) is 0 Å². The summed E-state index contributed by atoms with van der Waals surface area (Å²) in [5.41, 5.74) is 1.53. The first kappa shape index (κ1) is 17.7. The van der Waals surface area contributed by atoms with E-state index in [2.05, 4.69) is 5.32 Å². The van der Waals surface area contributed by atoms with Crippen LogP contribution in [-0.2, 0) is 6.54 Å². The van der Waals surface area contributed by atoms with Gasteiger partial charge in [0.25, 0.3) is 5.56 Å². The molecule has 2 amide bonds. The van der Waals surface area contributed by atoms with Crippen molar-refractivity contribution in [2.45, 2.75) is 26.0 Å². The molecule has 0 saturated heterocycles. The zero-order valence-electron chi connectivity index (χ0n) is 14.0. The summed E-state index contributed by atoms with van der Waals surface area (Å²) in [6.07, 6.45) is 1.82. The van der Waals surface area contributed by atoms with Crippen LogP contribution in [0.15, 0.2) is 53.5 Å². The van der Waals surface area contributed by atoms with Gasteiger partial charge < -0.3 is 19.9 Å². The average Bonchev–Trinajstić information content (AvgIpc) is 2.55. The molecule has 0 radical (unpaired) electrons. The van der Waals surface area contributed by atoms with Crippen LogP contribution in [0.2, 0.25) is 0 Å². The zero-order chi connectivity index (χ0) is 17.5. The lowest BCUT2D eigenvalue weighted by Gasteiger charge is -2.19. The van der Waals surface area contributed by atoms with Gasteiger partial charge in [-0.05, 0) is 37.1 Å². The van der Waals surface area contributed by atoms with E-state index in [0.717, 1.165) is 5.56 Å². The van der Waals surface area contributed by atoms with Gasteiger partial charge in [0, 0.05) is 31.5 Å². The summed E-state index contributed by atoms with van der Waals surface area (Å²) in [5, 5.41) is 12.1. The van der Waals surface area contributed by atoms with E-state index >= 15 is 0 Å². The number of rotatable bonds is 6. The minimum atomic E-state index is -0.437. The third-order valence-electron chi connectivity index (χ3n) is 3.66. The van der Waals surface area contributed by atoms with E-state index in [-0.39, 0.29) is 11.6 Å². The number of carbonyl (C=O) groups excluding carboxylic acids is 1. The number of benzene rings is 1. The lowest BCUT2D eigenvalue weighted by molar-refractivity contribution is 0.167. The normalized spacial score (nSPS) is 11.8. The summed E-state index contributed by atoms with van der Waals surface area (Å²) in [5.74, 6) is 0. The summed E-state index contributed by atoms with van der Waals surface area (Å²) < 4.78 is 1.61. The number of carbonyl (C=O) groups is 1. The Morgan fingerprint density at radius 1 is 1.29 bits per heavy atom. The van der Waals surface area contributed by atoms with Crippen molar-refractivity contribution >= 4 is 11.7 Å². The molecule has 0 aliphatic rings. The second-order valence-electron chi connectivity index (χ2n) is 5.86. The van der Waals surface area contributed by atoms with Crippen molar-refractivity contribution < 1.29 is 9.90 Å². The second kappa shape index (κ2) is 8.31. The average molecular weight is 329 g/mol. The highest BCUT2D eigenvalue weighted by atomic mass is 16.3. The van der Waals surface area contributed by atoms with Crippen LogP contribution in [0, 0.1) is 0 Å². The number of aromatic nitrogens is 1. The van der Waals surface area contributed by atoms with Gasteiger partial charge in [0.2, 0.25) is 0 Å². The van der Waals surface area contributed by atoms with E-state index in [1.54, 1.807) is 36.9 Å². The summed E-state index contributed by atoms with van der Waals surface area (Å²) >= 11 is 0. The maximum atomic E-state index is 12.1. The summed E-state index contributed by atoms with van der Waals surface area (Å²) in [4.78, 5) is 25.4. The minimum absolute atomic E-state index is 0.0650. The quantitative estimate of drug-likeness (QED) is 0.852. The Morgan fingerprint density at radius 3 is 2.79 bits per heavy atom. The Hall–Kier alpha value is -2.60. The standard InChI is InChI=1S/C18H23N3O3/c1-14(22)9-11-20(2)18(24)19-16-7-5-6-15(12-16)13-21-10-4-3-8-17(21)23/h3-8,10,12,14,22H,9,11,13H2,1-2H3,(H,19,24). The predicted molar refractivity (Wildman–Crippen MR) is 94.2 cm³/mol. The molecule has 0 saturated carbocycles. The largest absolute Gasteiger partial charge is 0.393 e. The number of pyridine rings is 1. The van der Waals surface area contributed by atoms with Crippen LogP contribution in [0.5, 0.6) is 0 Å². The van der Waals surface area contributed by atoms with Crippen LogP contribution >= 0.6 is 0 Å². The Labute approximate surface area is 141 Å². The lowest BCUT2D eigenvalue weighted by atomic mass is 10.2. The molecule has 1 aromatic carbocycles. The summed E-state index contributed by atoms with van der Waals surface area (Å²) in [7, 11) is 1.69.